The van der Waals surface area contributed by atoms with Gasteiger partial charge in [0.2, 0.25) is 5.91 Å². The van der Waals surface area contributed by atoms with Crippen molar-refractivity contribution in [1.29, 1.82) is 0 Å². The minimum absolute atomic E-state index is 0.0142. The summed E-state index contributed by atoms with van der Waals surface area (Å²) < 4.78 is 13.4. The Morgan fingerprint density at radius 2 is 2.08 bits per heavy atom. The molecule has 0 unspecified atom stereocenters. The first-order valence-electron chi connectivity index (χ1n) is 7.61. The van der Waals surface area contributed by atoms with E-state index < -0.39 is 11.7 Å². The average molecular weight is 373 g/mol. The lowest BCUT2D eigenvalue weighted by molar-refractivity contribution is -0.111. The minimum atomic E-state index is -0.563. The fourth-order valence-corrected chi connectivity index (χ4v) is 2.44. The van der Waals surface area contributed by atoms with Crippen molar-refractivity contribution >= 4 is 29.4 Å². The Labute approximate surface area is 153 Å². The lowest BCUT2D eigenvalue weighted by Crippen LogP contribution is -2.10. The van der Waals surface area contributed by atoms with E-state index in [0.717, 1.165) is 5.56 Å². The number of carbonyl (C=O) groups excluding carboxylic acids is 1. The van der Waals surface area contributed by atoms with E-state index >= 15 is 0 Å². The second-order valence-electron chi connectivity index (χ2n) is 5.32. The molecule has 0 saturated heterocycles. The zero-order valence-corrected chi connectivity index (χ0v) is 14.2. The van der Waals surface area contributed by atoms with Crippen LogP contribution in [0.25, 0.3) is 17.3 Å². The molecule has 0 aliphatic rings. The van der Waals surface area contributed by atoms with E-state index in [4.69, 9.17) is 11.6 Å². The molecule has 3 N–H and O–H groups in total. The Morgan fingerprint density at radius 1 is 1.31 bits per heavy atom. The van der Waals surface area contributed by atoms with Crippen LogP contribution in [0.3, 0.4) is 0 Å². The van der Waals surface area contributed by atoms with E-state index in [2.05, 4.69) is 20.5 Å². The molecular weight excluding hydrogens is 359 g/mol. The van der Waals surface area contributed by atoms with Gasteiger partial charge in [0.1, 0.15) is 11.6 Å². The highest BCUT2D eigenvalue weighted by molar-refractivity contribution is 6.30. The molecule has 26 heavy (non-hydrogen) atoms. The summed E-state index contributed by atoms with van der Waals surface area (Å²) in [6.07, 6.45) is 5.92. The van der Waals surface area contributed by atoms with Crippen LogP contribution in [0.15, 0.2) is 48.8 Å². The van der Waals surface area contributed by atoms with E-state index in [-0.39, 0.29) is 17.4 Å². The predicted molar refractivity (Wildman–Crippen MR) is 96.8 cm³/mol. The van der Waals surface area contributed by atoms with Gasteiger partial charge in [-0.1, -0.05) is 17.7 Å². The molecule has 132 valence electrons. The Morgan fingerprint density at radius 3 is 2.77 bits per heavy atom. The maximum atomic E-state index is 13.4. The maximum absolute atomic E-state index is 13.4. The molecule has 2 aromatic heterocycles. The number of nitrogens with zero attached hydrogens (tertiary/aromatic N) is 2. The number of aromatic nitrogens is 3. The smallest absolute Gasteiger partial charge is 0.249 e. The molecule has 0 saturated carbocycles. The third-order valence-electron chi connectivity index (χ3n) is 3.60. The molecule has 8 heteroatoms. The predicted octanol–water partition coefficient (Wildman–Crippen LogP) is 3.41. The molecule has 0 aliphatic heterocycles. The van der Waals surface area contributed by atoms with Crippen molar-refractivity contribution in [3.63, 3.8) is 0 Å². The number of carbonyl (C=O) groups is 1. The van der Waals surface area contributed by atoms with Gasteiger partial charge in [-0.05, 0) is 35.9 Å². The van der Waals surface area contributed by atoms with Crippen molar-refractivity contribution in [2.24, 2.45) is 0 Å². The second-order valence-corrected chi connectivity index (χ2v) is 5.72. The number of nitrogens with one attached hydrogen (secondary N) is 2. The topological polar surface area (TPSA) is 90.9 Å². The van der Waals surface area contributed by atoms with Crippen LogP contribution in [0.2, 0.25) is 5.02 Å². The third-order valence-corrected chi connectivity index (χ3v) is 3.90. The Bertz CT molecular complexity index is 957. The first-order chi connectivity index (χ1) is 12.6. The standard InChI is InChI=1S/C18H14ClFN4O2/c19-14-3-1-11(9-15(14)20)2-4-16(26)22-18-13(10-25)17(23-24-18)12-5-7-21-8-6-12/h1-9,25H,10H2,(H2,22,23,24,26). The van der Waals surface area contributed by atoms with Crippen molar-refractivity contribution in [1.82, 2.24) is 15.2 Å². The van der Waals surface area contributed by atoms with Gasteiger partial charge < -0.3 is 10.4 Å². The molecule has 6 nitrogen and oxygen atoms in total. The maximum Gasteiger partial charge on any atom is 0.249 e. The van der Waals surface area contributed by atoms with E-state index in [0.29, 0.717) is 16.8 Å². The number of aliphatic hydroxyl groups excluding tert-OH is 1. The summed E-state index contributed by atoms with van der Waals surface area (Å²) in [5, 5.41) is 19.1. The molecule has 0 fully saturated rings. The van der Waals surface area contributed by atoms with Crippen molar-refractivity contribution in [2.45, 2.75) is 6.61 Å². The summed E-state index contributed by atoms with van der Waals surface area (Å²) in [4.78, 5) is 16.0. The van der Waals surface area contributed by atoms with Gasteiger partial charge in [-0.15, -0.1) is 0 Å². The number of rotatable bonds is 5. The normalized spacial score (nSPS) is 11.0. The molecule has 2 heterocycles. The molecule has 0 bridgehead atoms. The third kappa shape index (κ3) is 3.96. The monoisotopic (exact) mass is 372 g/mol. The van der Waals surface area contributed by atoms with Crippen molar-refractivity contribution in [3.8, 4) is 11.3 Å². The summed E-state index contributed by atoms with van der Waals surface area (Å²) in [6, 6.07) is 7.72. The van der Waals surface area contributed by atoms with Gasteiger partial charge in [-0.3, -0.25) is 14.9 Å². The molecule has 0 atom stereocenters. The quantitative estimate of drug-likeness (QED) is 0.598. The summed E-state index contributed by atoms with van der Waals surface area (Å²) in [5.74, 6) is -0.733. The zero-order chi connectivity index (χ0) is 18.5. The summed E-state index contributed by atoms with van der Waals surface area (Å²) >= 11 is 5.62. The average Bonchev–Trinajstić information content (AvgIpc) is 3.06. The molecule has 1 amide bonds. The highest BCUT2D eigenvalue weighted by atomic mass is 35.5. The number of pyridine rings is 1. The van der Waals surface area contributed by atoms with Gasteiger partial charge in [0.15, 0.2) is 0 Å². The van der Waals surface area contributed by atoms with Crippen LogP contribution in [-0.4, -0.2) is 26.2 Å². The van der Waals surface area contributed by atoms with Crippen LogP contribution in [0.5, 0.6) is 0 Å². The van der Waals surface area contributed by atoms with Crippen LogP contribution < -0.4 is 5.32 Å². The molecule has 1 aromatic carbocycles. The highest BCUT2D eigenvalue weighted by Gasteiger charge is 2.15. The number of aliphatic hydroxyl groups is 1. The Kier molecular flexibility index (Phi) is 5.40. The first-order valence-corrected chi connectivity index (χ1v) is 7.99. The summed E-state index contributed by atoms with van der Waals surface area (Å²) in [6.45, 7) is -0.310. The zero-order valence-electron chi connectivity index (χ0n) is 13.4. The molecule has 0 spiro atoms. The van der Waals surface area contributed by atoms with Gasteiger partial charge in [-0.25, -0.2) is 4.39 Å². The SMILES string of the molecule is O=C(C=Cc1ccc(Cl)c(F)c1)Nc1[nH]nc(-c2ccncc2)c1CO. The van der Waals surface area contributed by atoms with Crippen LogP contribution >= 0.6 is 11.6 Å². The summed E-state index contributed by atoms with van der Waals surface area (Å²) in [5.41, 5.74) is 2.23. The van der Waals surface area contributed by atoms with Crippen LogP contribution in [0.4, 0.5) is 10.2 Å². The lowest BCUT2D eigenvalue weighted by Gasteiger charge is -2.03. The van der Waals surface area contributed by atoms with Gasteiger partial charge in [0.25, 0.3) is 0 Å². The number of halogens is 2. The van der Waals surface area contributed by atoms with Crippen molar-refractivity contribution in [3.05, 3.63) is 70.8 Å². The van der Waals surface area contributed by atoms with Crippen LogP contribution in [-0.2, 0) is 11.4 Å². The number of H-pyrrole nitrogens is 1. The Hall–Kier alpha value is -3.03. The van der Waals surface area contributed by atoms with E-state index in [1.54, 1.807) is 30.6 Å². The number of anilines is 1. The van der Waals surface area contributed by atoms with Crippen molar-refractivity contribution < 1.29 is 14.3 Å². The molecule has 3 rings (SSSR count). The van der Waals surface area contributed by atoms with Gasteiger partial charge >= 0.3 is 0 Å². The van der Waals surface area contributed by atoms with Crippen LogP contribution in [0, 0.1) is 5.82 Å². The largest absolute Gasteiger partial charge is 0.391 e. The first kappa shape index (κ1) is 17.8. The highest BCUT2D eigenvalue weighted by Crippen LogP contribution is 2.26. The van der Waals surface area contributed by atoms with Crippen molar-refractivity contribution in [2.75, 3.05) is 5.32 Å². The van der Waals surface area contributed by atoms with E-state index in [1.807, 2.05) is 0 Å². The van der Waals surface area contributed by atoms with Crippen LogP contribution in [0.1, 0.15) is 11.1 Å². The van der Waals surface area contributed by atoms with E-state index in [9.17, 15) is 14.3 Å². The number of hydrogen-bond donors (Lipinski definition) is 3. The molecular formula is C18H14ClFN4O2. The van der Waals surface area contributed by atoms with Gasteiger partial charge in [-0.2, -0.15) is 5.10 Å². The number of amides is 1. The molecule has 0 radical (unpaired) electrons. The Balaban J connectivity index is 1.76. The lowest BCUT2D eigenvalue weighted by atomic mass is 10.1. The number of aromatic amines is 1. The number of hydrogen-bond acceptors (Lipinski definition) is 4. The second kappa shape index (κ2) is 7.90. The van der Waals surface area contributed by atoms with E-state index in [1.165, 1.54) is 24.3 Å². The molecule has 3 aromatic rings. The molecule has 0 aliphatic carbocycles. The summed E-state index contributed by atoms with van der Waals surface area (Å²) in [7, 11) is 0. The fraction of sp³-hybridized carbons (Fsp3) is 0.0556. The van der Waals surface area contributed by atoms with Gasteiger partial charge in [0.05, 0.1) is 17.3 Å². The van der Waals surface area contributed by atoms with Gasteiger partial charge in [0, 0.05) is 29.6 Å². The minimum Gasteiger partial charge on any atom is -0.391 e. The fourth-order valence-electron chi connectivity index (χ4n) is 2.32. The number of benzene rings is 1.